The van der Waals surface area contributed by atoms with Crippen LogP contribution in [0.1, 0.15) is 25.7 Å². The van der Waals surface area contributed by atoms with E-state index in [1.54, 1.807) is 5.57 Å². The average Bonchev–Trinajstić information content (AvgIpc) is 2.02. The van der Waals surface area contributed by atoms with Gasteiger partial charge in [-0.25, -0.2) is 0 Å². The fourth-order valence-corrected chi connectivity index (χ4v) is 3.54. The van der Waals surface area contributed by atoms with E-state index < -0.39 is 8.07 Å². The van der Waals surface area contributed by atoms with Crippen LogP contribution in [-0.2, 0) is 0 Å². The third-order valence-electron chi connectivity index (χ3n) is 2.61. The van der Waals surface area contributed by atoms with Crippen LogP contribution in [0.5, 0.6) is 0 Å². The molecule has 0 amide bonds. The molecule has 1 fully saturated rings. The molecule has 0 aromatic rings. The minimum Gasteiger partial charge on any atom is -0.102 e. The average molecular weight is 194 g/mol. The number of hydrogen-bond acceptors (Lipinski definition) is 0. The molecule has 0 spiro atoms. The van der Waals surface area contributed by atoms with Gasteiger partial charge >= 0.3 is 0 Å². The lowest BCUT2D eigenvalue weighted by Gasteiger charge is -2.25. The van der Waals surface area contributed by atoms with Gasteiger partial charge in [0.05, 0.1) is 8.07 Å². The van der Waals surface area contributed by atoms with Gasteiger partial charge in [0.25, 0.3) is 0 Å². The third-order valence-corrected chi connectivity index (χ3v) is 3.85. The summed E-state index contributed by atoms with van der Waals surface area (Å²) in [6.07, 6.45) is 7.58. The predicted octanol–water partition coefficient (Wildman–Crippen LogP) is 4.17. The molecule has 74 valence electrons. The number of rotatable bonds is 2. The summed E-state index contributed by atoms with van der Waals surface area (Å²) in [5.74, 6) is 0.695. The van der Waals surface area contributed by atoms with Crippen molar-refractivity contribution in [2.24, 2.45) is 5.92 Å². The molecule has 1 saturated carbocycles. The second-order valence-electron chi connectivity index (χ2n) is 5.17. The minimum atomic E-state index is -1.01. The van der Waals surface area contributed by atoms with Crippen LogP contribution in [0.4, 0.5) is 0 Å². The lowest BCUT2D eigenvalue weighted by atomic mass is 9.85. The van der Waals surface area contributed by atoms with E-state index in [9.17, 15) is 0 Å². The fraction of sp³-hybridized carbons (Fsp3) is 0.667. The van der Waals surface area contributed by atoms with Crippen molar-refractivity contribution in [3.8, 4) is 0 Å². The lowest BCUT2D eigenvalue weighted by Crippen LogP contribution is -2.20. The van der Waals surface area contributed by atoms with Crippen molar-refractivity contribution >= 4 is 8.07 Å². The van der Waals surface area contributed by atoms with Crippen LogP contribution in [-0.4, -0.2) is 8.07 Å². The molecule has 1 unspecified atom stereocenters. The first-order chi connectivity index (χ1) is 6.03. The summed E-state index contributed by atoms with van der Waals surface area (Å²) in [5.41, 5.74) is 4.26. The summed E-state index contributed by atoms with van der Waals surface area (Å²) < 4.78 is 0. The molecule has 1 aliphatic carbocycles. The molecule has 0 aromatic carbocycles. The standard InChI is InChI=1S/C12H22Si/c1-5-11-8-6-7-9-12(11)10-13(2,3)4/h5,10-11H,1,6-9H2,2-4H3/b12-10+. The Kier molecular flexibility index (Phi) is 3.54. The molecule has 0 N–H and O–H groups in total. The first-order valence-corrected chi connectivity index (χ1v) is 8.95. The molecule has 1 heteroatoms. The highest BCUT2D eigenvalue weighted by atomic mass is 28.3. The Bertz CT molecular complexity index is 208. The Balaban J connectivity index is 2.75. The molecule has 0 nitrogen and oxygen atoms in total. The third kappa shape index (κ3) is 3.51. The zero-order valence-electron chi connectivity index (χ0n) is 9.27. The highest BCUT2D eigenvalue weighted by molar-refractivity contribution is 6.81. The zero-order valence-corrected chi connectivity index (χ0v) is 10.3. The van der Waals surface area contributed by atoms with Crippen LogP contribution in [0.15, 0.2) is 23.9 Å². The van der Waals surface area contributed by atoms with Crippen LogP contribution >= 0.6 is 0 Å². The Morgan fingerprint density at radius 1 is 1.31 bits per heavy atom. The molecule has 0 radical (unpaired) electrons. The van der Waals surface area contributed by atoms with E-state index in [1.807, 2.05) is 0 Å². The lowest BCUT2D eigenvalue weighted by molar-refractivity contribution is 0.520. The molecule has 0 heterocycles. The molecule has 1 atom stereocenters. The van der Waals surface area contributed by atoms with Gasteiger partial charge in [0.15, 0.2) is 0 Å². The van der Waals surface area contributed by atoms with E-state index in [4.69, 9.17) is 0 Å². The smallest absolute Gasteiger partial charge is 0.0686 e. The molecule has 1 rings (SSSR count). The normalized spacial score (nSPS) is 27.6. The molecule has 0 bridgehead atoms. The van der Waals surface area contributed by atoms with E-state index in [2.05, 4.69) is 38.0 Å². The van der Waals surface area contributed by atoms with Crippen molar-refractivity contribution < 1.29 is 0 Å². The second-order valence-corrected chi connectivity index (χ2v) is 10.2. The van der Waals surface area contributed by atoms with E-state index >= 15 is 0 Å². The summed E-state index contributed by atoms with van der Waals surface area (Å²) >= 11 is 0. The fourth-order valence-electron chi connectivity index (χ4n) is 2.07. The van der Waals surface area contributed by atoms with Crippen molar-refractivity contribution in [1.82, 2.24) is 0 Å². The SMILES string of the molecule is C=CC1CCCC/C1=C\[Si](C)(C)C. The highest BCUT2D eigenvalue weighted by Crippen LogP contribution is 2.31. The molecular weight excluding hydrogens is 172 g/mol. The summed E-state index contributed by atoms with van der Waals surface area (Å²) in [5, 5.41) is 0. The predicted molar refractivity (Wildman–Crippen MR) is 63.6 cm³/mol. The summed E-state index contributed by atoms with van der Waals surface area (Å²) in [7, 11) is -1.01. The summed E-state index contributed by atoms with van der Waals surface area (Å²) in [4.78, 5) is 0. The maximum absolute atomic E-state index is 3.94. The quantitative estimate of drug-likeness (QED) is 0.457. The monoisotopic (exact) mass is 194 g/mol. The van der Waals surface area contributed by atoms with Crippen LogP contribution in [0.25, 0.3) is 0 Å². The van der Waals surface area contributed by atoms with Crippen molar-refractivity contribution in [2.45, 2.75) is 45.3 Å². The van der Waals surface area contributed by atoms with Crippen LogP contribution in [0, 0.1) is 5.92 Å². The molecule has 13 heavy (non-hydrogen) atoms. The zero-order chi connectivity index (χ0) is 9.90. The first-order valence-electron chi connectivity index (χ1n) is 5.37. The summed E-state index contributed by atoms with van der Waals surface area (Å²) in [6, 6.07) is 0. The number of hydrogen-bond donors (Lipinski definition) is 0. The maximum atomic E-state index is 3.94. The van der Waals surface area contributed by atoms with Crippen LogP contribution in [0.2, 0.25) is 19.6 Å². The van der Waals surface area contributed by atoms with Gasteiger partial charge in [0.2, 0.25) is 0 Å². The number of allylic oxidation sites excluding steroid dienone is 2. The van der Waals surface area contributed by atoms with Gasteiger partial charge < -0.3 is 0 Å². The minimum absolute atomic E-state index is 0.695. The van der Waals surface area contributed by atoms with Gasteiger partial charge in [-0.05, 0) is 25.2 Å². The van der Waals surface area contributed by atoms with Gasteiger partial charge in [0.1, 0.15) is 0 Å². The Hall–Kier alpha value is -0.303. The largest absolute Gasteiger partial charge is 0.102 e. The van der Waals surface area contributed by atoms with E-state index in [0.29, 0.717) is 5.92 Å². The van der Waals surface area contributed by atoms with Crippen molar-refractivity contribution in [2.75, 3.05) is 0 Å². The Morgan fingerprint density at radius 2 is 2.00 bits per heavy atom. The van der Waals surface area contributed by atoms with Gasteiger partial charge in [-0.3, -0.25) is 0 Å². The molecule has 0 saturated heterocycles. The van der Waals surface area contributed by atoms with E-state index in [0.717, 1.165) is 0 Å². The van der Waals surface area contributed by atoms with Gasteiger partial charge in [-0.15, -0.1) is 6.58 Å². The van der Waals surface area contributed by atoms with Gasteiger partial charge in [0, 0.05) is 0 Å². The molecule has 0 aromatic heterocycles. The van der Waals surface area contributed by atoms with E-state index in [1.165, 1.54) is 25.7 Å². The van der Waals surface area contributed by atoms with Gasteiger partial charge in [-0.2, -0.15) is 0 Å². The molecule has 1 aliphatic rings. The second kappa shape index (κ2) is 4.27. The first kappa shape index (κ1) is 10.8. The van der Waals surface area contributed by atoms with Crippen molar-refractivity contribution in [1.29, 1.82) is 0 Å². The van der Waals surface area contributed by atoms with Crippen molar-refractivity contribution in [3.05, 3.63) is 23.9 Å². The highest BCUT2D eigenvalue weighted by Gasteiger charge is 2.19. The maximum Gasteiger partial charge on any atom is 0.0686 e. The van der Waals surface area contributed by atoms with Crippen molar-refractivity contribution in [3.63, 3.8) is 0 Å². The van der Waals surface area contributed by atoms with E-state index in [-0.39, 0.29) is 0 Å². The Labute approximate surface area is 83.7 Å². The van der Waals surface area contributed by atoms with Gasteiger partial charge in [-0.1, -0.05) is 43.4 Å². The van der Waals surface area contributed by atoms with Crippen LogP contribution < -0.4 is 0 Å². The topological polar surface area (TPSA) is 0 Å². The molecular formula is C12H22Si. The summed E-state index contributed by atoms with van der Waals surface area (Å²) in [6.45, 7) is 11.2. The van der Waals surface area contributed by atoms with Crippen LogP contribution in [0.3, 0.4) is 0 Å². The molecule has 0 aliphatic heterocycles. The Morgan fingerprint density at radius 3 is 2.54 bits per heavy atom.